The first kappa shape index (κ1) is 15.1. The summed E-state index contributed by atoms with van der Waals surface area (Å²) in [5, 5.41) is 0. The van der Waals surface area contributed by atoms with Crippen molar-refractivity contribution in [1.82, 2.24) is 0 Å². The normalized spacial score (nSPS) is 12.4. The summed E-state index contributed by atoms with van der Waals surface area (Å²) in [7, 11) is 0. The van der Waals surface area contributed by atoms with Gasteiger partial charge in [0.25, 0.3) is 0 Å². The van der Waals surface area contributed by atoms with E-state index in [2.05, 4.69) is 0 Å². The number of rotatable bonds is 3. The highest BCUT2D eigenvalue weighted by atomic mass is 35.5. The Morgan fingerprint density at radius 2 is 1.50 bits per heavy atom. The van der Waals surface area contributed by atoms with Crippen LogP contribution in [0.15, 0.2) is 12.1 Å². The molecule has 1 nitrogen and oxygen atoms in total. The van der Waals surface area contributed by atoms with Gasteiger partial charge in [0.05, 0.1) is 0 Å². The van der Waals surface area contributed by atoms with Crippen LogP contribution >= 0.6 is 12.4 Å². The number of nitrogens with two attached hydrogens (primary N) is 1. The second-order valence-electron chi connectivity index (χ2n) is 3.03. The number of halogens is 6. The molecule has 0 amide bonds. The van der Waals surface area contributed by atoms with Gasteiger partial charge in [0.15, 0.2) is 17.5 Å². The Morgan fingerprint density at radius 1 is 1.06 bits per heavy atom. The van der Waals surface area contributed by atoms with Gasteiger partial charge in [-0.25, -0.2) is 22.0 Å². The summed E-state index contributed by atoms with van der Waals surface area (Å²) in [5.74, 6) is -4.51. The van der Waals surface area contributed by atoms with E-state index in [4.69, 9.17) is 5.73 Å². The highest BCUT2D eigenvalue weighted by Crippen LogP contribution is 2.22. The molecule has 2 N–H and O–H groups in total. The molecule has 0 aliphatic heterocycles. The zero-order valence-corrected chi connectivity index (χ0v) is 8.71. The van der Waals surface area contributed by atoms with Crippen molar-refractivity contribution in [2.24, 2.45) is 5.73 Å². The second-order valence-corrected chi connectivity index (χ2v) is 3.03. The van der Waals surface area contributed by atoms with Gasteiger partial charge in [-0.3, -0.25) is 0 Å². The van der Waals surface area contributed by atoms with Gasteiger partial charge >= 0.3 is 0 Å². The van der Waals surface area contributed by atoms with Gasteiger partial charge in [-0.2, -0.15) is 0 Å². The smallest absolute Gasteiger partial charge is 0.240 e. The zero-order valence-electron chi connectivity index (χ0n) is 7.89. The zero-order chi connectivity index (χ0) is 11.6. The minimum atomic E-state index is -2.68. The minimum absolute atomic E-state index is 0. The highest BCUT2D eigenvalue weighted by molar-refractivity contribution is 5.85. The first-order valence-corrected chi connectivity index (χ1v) is 4.10. The molecule has 0 aliphatic carbocycles. The Morgan fingerprint density at radius 3 is 1.88 bits per heavy atom. The van der Waals surface area contributed by atoms with Gasteiger partial charge in [-0.05, 0) is 17.7 Å². The van der Waals surface area contributed by atoms with E-state index in [1.165, 1.54) is 0 Å². The topological polar surface area (TPSA) is 26.0 Å². The first-order chi connectivity index (χ1) is 6.91. The third-order valence-corrected chi connectivity index (χ3v) is 1.87. The predicted molar refractivity (Wildman–Crippen MR) is 51.1 cm³/mol. The molecule has 1 aromatic carbocycles. The van der Waals surface area contributed by atoms with Crippen LogP contribution in [0.2, 0.25) is 0 Å². The lowest BCUT2D eigenvalue weighted by Gasteiger charge is -2.11. The summed E-state index contributed by atoms with van der Waals surface area (Å²) < 4.78 is 61.7. The van der Waals surface area contributed by atoms with E-state index < -0.39 is 36.3 Å². The largest absolute Gasteiger partial charge is 0.324 e. The number of benzene rings is 1. The van der Waals surface area contributed by atoms with Crippen LogP contribution < -0.4 is 5.73 Å². The first-order valence-electron chi connectivity index (χ1n) is 4.10. The lowest BCUT2D eigenvalue weighted by molar-refractivity contribution is 0.128. The van der Waals surface area contributed by atoms with E-state index in [1.807, 2.05) is 0 Å². The van der Waals surface area contributed by atoms with Crippen LogP contribution in [0.25, 0.3) is 0 Å². The molecule has 0 radical (unpaired) electrons. The molecular weight excluding hydrogens is 253 g/mol. The van der Waals surface area contributed by atoms with Gasteiger partial charge in [-0.15, -0.1) is 12.4 Å². The maximum atomic E-state index is 12.7. The van der Waals surface area contributed by atoms with Crippen molar-refractivity contribution in [2.45, 2.75) is 18.9 Å². The minimum Gasteiger partial charge on any atom is -0.324 e. The molecule has 7 heteroatoms. The van der Waals surface area contributed by atoms with E-state index in [1.54, 1.807) is 0 Å². The molecule has 92 valence electrons. The highest BCUT2D eigenvalue weighted by Gasteiger charge is 2.17. The SMILES string of the molecule is Cl.N[C@@H](CC(F)F)c1cc(F)c(F)c(F)c1. The van der Waals surface area contributed by atoms with Crippen molar-refractivity contribution in [3.05, 3.63) is 35.1 Å². The van der Waals surface area contributed by atoms with Crippen molar-refractivity contribution >= 4 is 12.4 Å². The fourth-order valence-corrected chi connectivity index (χ4v) is 1.12. The van der Waals surface area contributed by atoms with Crippen molar-refractivity contribution < 1.29 is 22.0 Å². The second kappa shape index (κ2) is 6.00. The van der Waals surface area contributed by atoms with Crippen LogP contribution in [0, 0.1) is 17.5 Å². The Labute approximate surface area is 94.8 Å². The van der Waals surface area contributed by atoms with E-state index in [0.717, 1.165) is 0 Å². The van der Waals surface area contributed by atoms with Crippen molar-refractivity contribution in [3.63, 3.8) is 0 Å². The van der Waals surface area contributed by atoms with Gasteiger partial charge in [0.2, 0.25) is 6.43 Å². The molecule has 0 unspecified atom stereocenters. The van der Waals surface area contributed by atoms with Crippen LogP contribution in [0.4, 0.5) is 22.0 Å². The lowest BCUT2D eigenvalue weighted by Crippen LogP contribution is -2.15. The average molecular weight is 262 g/mol. The molecule has 0 saturated carbocycles. The summed E-state index contributed by atoms with van der Waals surface area (Å²) in [6, 6.07) is 0.0197. The van der Waals surface area contributed by atoms with Crippen molar-refractivity contribution in [1.29, 1.82) is 0 Å². The lowest BCUT2D eigenvalue weighted by atomic mass is 10.0. The molecule has 0 fully saturated rings. The van der Waals surface area contributed by atoms with Crippen molar-refractivity contribution in [2.75, 3.05) is 0 Å². The van der Waals surface area contributed by atoms with E-state index >= 15 is 0 Å². The molecule has 0 aliphatic rings. The van der Waals surface area contributed by atoms with Gasteiger partial charge in [0.1, 0.15) is 0 Å². The summed E-state index contributed by atoms with van der Waals surface area (Å²) in [6.07, 6.45) is -3.42. The quantitative estimate of drug-likeness (QED) is 0.656. The van der Waals surface area contributed by atoms with Gasteiger partial charge in [0, 0.05) is 12.5 Å². The van der Waals surface area contributed by atoms with Crippen LogP contribution in [0.5, 0.6) is 0 Å². The Balaban J connectivity index is 0.00000225. The summed E-state index contributed by atoms with van der Waals surface area (Å²) in [4.78, 5) is 0. The van der Waals surface area contributed by atoms with Gasteiger partial charge < -0.3 is 5.73 Å². The Bertz CT molecular complexity index is 335. The molecule has 0 aromatic heterocycles. The molecule has 0 spiro atoms. The van der Waals surface area contributed by atoms with Gasteiger partial charge in [-0.1, -0.05) is 0 Å². The van der Waals surface area contributed by atoms with E-state index in [-0.39, 0.29) is 18.0 Å². The van der Waals surface area contributed by atoms with Crippen LogP contribution in [-0.4, -0.2) is 6.43 Å². The monoisotopic (exact) mass is 261 g/mol. The summed E-state index contributed by atoms with van der Waals surface area (Å²) >= 11 is 0. The maximum absolute atomic E-state index is 12.7. The Hall–Kier alpha value is -0.880. The average Bonchev–Trinajstić information content (AvgIpc) is 2.12. The molecule has 1 atom stereocenters. The summed E-state index contributed by atoms with van der Waals surface area (Å²) in [6.45, 7) is 0. The summed E-state index contributed by atoms with van der Waals surface area (Å²) in [5.41, 5.74) is 5.06. The fourth-order valence-electron chi connectivity index (χ4n) is 1.12. The van der Waals surface area contributed by atoms with Crippen LogP contribution in [0.3, 0.4) is 0 Å². The molecule has 1 aromatic rings. The predicted octanol–water partition coefficient (Wildman–Crippen LogP) is 3.18. The molecule has 0 saturated heterocycles. The fraction of sp³-hybridized carbons (Fsp3) is 0.333. The standard InChI is InChI=1S/C9H8F5N.ClH/c10-5-1-4(2-6(11)9(5)14)7(15)3-8(12)13;/h1-2,7-8H,3,15H2;1H/t7-;/m0./s1. The number of alkyl halides is 2. The van der Waals surface area contributed by atoms with E-state index in [9.17, 15) is 22.0 Å². The van der Waals surface area contributed by atoms with Crippen molar-refractivity contribution in [3.8, 4) is 0 Å². The van der Waals surface area contributed by atoms with E-state index in [0.29, 0.717) is 12.1 Å². The molecule has 1 rings (SSSR count). The number of hydrogen-bond donors (Lipinski definition) is 1. The molecule has 0 bridgehead atoms. The third kappa shape index (κ3) is 3.61. The third-order valence-electron chi connectivity index (χ3n) is 1.87. The van der Waals surface area contributed by atoms with Crippen LogP contribution in [-0.2, 0) is 0 Å². The molecule has 16 heavy (non-hydrogen) atoms. The maximum Gasteiger partial charge on any atom is 0.240 e. The number of hydrogen-bond acceptors (Lipinski definition) is 1. The molecular formula is C9H9ClF5N. The van der Waals surface area contributed by atoms with Crippen LogP contribution in [0.1, 0.15) is 18.0 Å². The molecule has 0 heterocycles. The Kier molecular flexibility index (Phi) is 5.67.